The Balaban J connectivity index is 1.44. The Kier molecular flexibility index (Phi) is 4.11. The molecule has 0 aromatic carbocycles. The molecule has 3 fully saturated rings. The smallest absolute Gasteiger partial charge is 0.222 e. The zero-order chi connectivity index (χ0) is 13.2. The third-order valence-corrected chi connectivity index (χ3v) is 5.68. The Labute approximate surface area is 117 Å². The molecule has 19 heavy (non-hydrogen) atoms. The maximum absolute atomic E-state index is 12.4. The van der Waals surface area contributed by atoms with Gasteiger partial charge in [-0.05, 0) is 68.9 Å². The highest BCUT2D eigenvalue weighted by molar-refractivity contribution is 5.76. The molecule has 4 atom stereocenters. The summed E-state index contributed by atoms with van der Waals surface area (Å²) in [5.41, 5.74) is 0. The quantitative estimate of drug-likeness (QED) is 0.845. The second-order valence-corrected chi connectivity index (χ2v) is 7.13. The first-order valence-electron chi connectivity index (χ1n) is 8.17. The predicted molar refractivity (Wildman–Crippen MR) is 76.8 cm³/mol. The van der Waals surface area contributed by atoms with Crippen LogP contribution in [0, 0.1) is 23.7 Å². The highest BCUT2D eigenvalue weighted by Gasteiger charge is 2.40. The first-order chi connectivity index (χ1) is 9.22. The number of carbonyl (C=O) groups excluding carboxylic acids is 1. The second-order valence-electron chi connectivity index (χ2n) is 7.13. The molecule has 0 spiro atoms. The van der Waals surface area contributed by atoms with E-state index in [1.165, 1.54) is 38.5 Å². The maximum Gasteiger partial charge on any atom is 0.222 e. The molecular formula is C16H28N2O. The molecule has 0 radical (unpaired) electrons. The number of rotatable bonds is 4. The van der Waals surface area contributed by atoms with Gasteiger partial charge in [-0.15, -0.1) is 0 Å². The summed E-state index contributed by atoms with van der Waals surface area (Å²) in [6, 6.07) is 0. The summed E-state index contributed by atoms with van der Waals surface area (Å²) in [5, 5.41) is 3.44. The van der Waals surface area contributed by atoms with Gasteiger partial charge in [0.05, 0.1) is 0 Å². The lowest BCUT2D eigenvalue weighted by molar-refractivity contribution is -0.132. The topological polar surface area (TPSA) is 32.3 Å². The Bertz CT molecular complexity index is 325. The largest absolute Gasteiger partial charge is 0.345 e. The van der Waals surface area contributed by atoms with Crippen LogP contribution in [0.3, 0.4) is 0 Å². The van der Waals surface area contributed by atoms with E-state index in [-0.39, 0.29) is 0 Å². The van der Waals surface area contributed by atoms with Gasteiger partial charge in [-0.25, -0.2) is 0 Å². The molecule has 1 aliphatic heterocycles. The van der Waals surface area contributed by atoms with E-state index in [2.05, 4.69) is 5.32 Å². The van der Waals surface area contributed by atoms with E-state index in [1.54, 1.807) is 0 Å². The fourth-order valence-corrected chi connectivity index (χ4v) is 4.58. The van der Waals surface area contributed by atoms with Crippen molar-refractivity contribution in [1.82, 2.24) is 10.2 Å². The summed E-state index contributed by atoms with van der Waals surface area (Å²) in [5.74, 6) is 3.60. The van der Waals surface area contributed by atoms with Gasteiger partial charge >= 0.3 is 0 Å². The highest BCUT2D eigenvalue weighted by atomic mass is 16.2. The minimum atomic E-state index is 0.392. The van der Waals surface area contributed by atoms with Crippen molar-refractivity contribution in [1.29, 1.82) is 0 Å². The van der Waals surface area contributed by atoms with Crippen LogP contribution in [0.15, 0.2) is 0 Å². The zero-order valence-electron chi connectivity index (χ0n) is 12.2. The highest BCUT2D eigenvalue weighted by Crippen LogP contribution is 2.49. The Morgan fingerprint density at radius 1 is 1.26 bits per heavy atom. The van der Waals surface area contributed by atoms with E-state index >= 15 is 0 Å². The summed E-state index contributed by atoms with van der Waals surface area (Å²) < 4.78 is 0. The number of carbonyl (C=O) groups is 1. The van der Waals surface area contributed by atoms with Crippen molar-refractivity contribution < 1.29 is 4.79 Å². The molecule has 2 saturated carbocycles. The molecule has 0 aromatic heterocycles. The fraction of sp³-hybridized carbons (Fsp3) is 0.938. The van der Waals surface area contributed by atoms with E-state index in [4.69, 9.17) is 0 Å². The zero-order valence-corrected chi connectivity index (χ0v) is 12.2. The summed E-state index contributed by atoms with van der Waals surface area (Å²) >= 11 is 0. The lowest BCUT2D eigenvalue weighted by Crippen LogP contribution is -2.39. The molecule has 3 rings (SSSR count). The third-order valence-electron chi connectivity index (χ3n) is 5.68. The van der Waals surface area contributed by atoms with Crippen molar-refractivity contribution in [2.75, 3.05) is 26.7 Å². The Morgan fingerprint density at radius 3 is 2.79 bits per heavy atom. The van der Waals surface area contributed by atoms with Crippen LogP contribution in [0.25, 0.3) is 0 Å². The summed E-state index contributed by atoms with van der Waals surface area (Å²) in [6.07, 6.45) is 8.91. The average molecular weight is 264 g/mol. The molecule has 2 bridgehead atoms. The number of piperidine rings is 1. The Hall–Kier alpha value is -0.570. The summed E-state index contributed by atoms with van der Waals surface area (Å²) in [7, 11) is 2.00. The SMILES string of the molecule is CN(CC1CCCNC1)C(=O)CC1CC2CCC1C2. The molecule has 3 heteroatoms. The third kappa shape index (κ3) is 3.13. The second kappa shape index (κ2) is 5.82. The van der Waals surface area contributed by atoms with E-state index in [0.717, 1.165) is 37.9 Å². The van der Waals surface area contributed by atoms with E-state index in [1.807, 2.05) is 11.9 Å². The van der Waals surface area contributed by atoms with Gasteiger partial charge in [0, 0.05) is 20.0 Å². The van der Waals surface area contributed by atoms with E-state index < -0.39 is 0 Å². The van der Waals surface area contributed by atoms with Gasteiger partial charge in [0.2, 0.25) is 5.91 Å². The van der Waals surface area contributed by atoms with E-state index in [9.17, 15) is 4.79 Å². The molecule has 108 valence electrons. The predicted octanol–water partition coefficient (Wildman–Crippen LogP) is 2.27. The van der Waals surface area contributed by atoms with E-state index in [0.29, 0.717) is 17.7 Å². The van der Waals surface area contributed by atoms with Gasteiger partial charge in [0.25, 0.3) is 0 Å². The number of amides is 1. The van der Waals surface area contributed by atoms with Gasteiger partial charge in [0.1, 0.15) is 0 Å². The van der Waals surface area contributed by atoms with Crippen molar-refractivity contribution in [3.8, 4) is 0 Å². The van der Waals surface area contributed by atoms with Crippen LogP contribution in [0.5, 0.6) is 0 Å². The normalized spacial score (nSPS) is 37.5. The van der Waals surface area contributed by atoms with Crippen LogP contribution >= 0.6 is 0 Å². The fourth-order valence-electron chi connectivity index (χ4n) is 4.58. The van der Waals surface area contributed by atoms with Gasteiger partial charge in [0.15, 0.2) is 0 Å². The maximum atomic E-state index is 12.4. The van der Waals surface area contributed by atoms with Crippen molar-refractivity contribution in [2.45, 2.75) is 44.9 Å². The standard InChI is InChI=1S/C16H28N2O/c1-18(11-13-3-2-6-17-10-13)16(19)9-15-8-12-4-5-14(15)7-12/h12-15,17H,2-11H2,1H3. The number of fused-ring (bicyclic) bond motifs is 2. The van der Waals surface area contributed by atoms with Crippen molar-refractivity contribution in [3.05, 3.63) is 0 Å². The average Bonchev–Trinajstić information content (AvgIpc) is 3.02. The minimum absolute atomic E-state index is 0.392. The molecular weight excluding hydrogens is 236 g/mol. The molecule has 2 aliphatic carbocycles. The number of hydrogen-bond donors (Lipinski definition) is 1. The van der Waals surface area contributed by atoms with Crippen molar-refractivity contribution in [2.24, 2.45) is 23.7 Å². The van der Waals surface area contributed by atoms with Crippen LogP contribution in [0.1, 0.15) is 44.9 Å². The monoisotopic (exact) mass is 264 g/mol. The lowest BCUT2D eigenvalue weighted by Gasteiger charge is -2.29. The summed E-state index contributed by atoms with van der Waals surface area (Å²) in [4.78, 5) is 14.4. The first-order valence-corrected chi connectivity index (χ1v) is 8.17. The minimum Gasteiger partial charge on any atom is -0.345 e. The van der Waals surface area contributed by atoms with Gasteiger partial charge < -0.3 is 10.2 Å². The van der Waals surface area contributed by atoms with Crippen molar-refractivity contribution >= 4 is 5.91 Å². The first kappa shape index (κ1) is 13.4. The molecule has 0 aromatic rings. The summed E-state index contributed by atoms with van der Waals surface area (Å²) in [6.45, 7) is 3.19. The van der Waals surface area contributed by atoms with Gasteiger partial charge in [-0.3, -0.25) is 4.79 Å². The molecule has 1 heterocycles. The van der Waals surface area contributed by atoms with Gasteiger partial charge in [-0.1, -0.05) is 6.42 Å². The van der Waals surface area contributed by atoms with Crippen LogP contribution in [-0.4, -0.2) is 37.5 Å². The molecule has 1 saturated heterocycles. The molecule has 3 aliphatic rings. The molecule has 1 amide bonds. The van der Waals surface area contributed by atoms with Crippen LogP contribution in [0.2, 0.25) is 0 Å². The number of nitrogens with one attached hydrogen (secondary N) is 1. The van der Waals surface area contributed by atoms with Crippen LogP contribution in [-0.2, 0) is 4.79 Å². The molecule has 4 unspecified atom stereocenters. The van der Waals surface area contributed by atoms with Crippen LogP contribution < -0.4 is 5.32 Å². The number of hydrogen-bond acceptors (Lipinski definition) is 2. The molecule has 3 nitrogen and oxygen atoms in total. The van der Waals surface area contributed by atoms with Crippen molar-refractivity contribution in [3.63, 3.8) is 0 Å². The molecule has 1 N–H and O–H groups in total. The number of nitrogens with zero attached hydrogens (tertiary/aromatic N) is 1. The van der Waals surface area contributed by atoms with Gasteiger partial charge in [-0.2, -0.15) is 0 Å². The Morgan fingerprint density at radius 2 is 2.16 bits per heavy atom. The lowest BCUT2D eigenvalue weighted by atomic mass is 9.86. The van der Waals surface area contributed by atoms with Crippen LogP contribution in [0.4, 0.5) is 0 Å².